The lowest BCUT2D eigenvalue weighted by atomic mass is 9.55. The number of hydrogen-bond acceptors (Lipinski definition) is 6. The highest BCUT2D eigenvalue weighted by Crippen LogP contribution is 2.60. The first-order valence-electron chi connectivity index (χ1n) is 9.41. The summed E-state index contributed by atoms with van der Waals surface area (Å²) in [7, 11) is -2.61. The van der Waals surface area contributed by atoms with E-state index in [1.165, 1.54) is 12.7 Å². The van der Waals surface area contributed by atoms with Crippen LogP contribution in [0.4, 0.5) is 0 Å². The molecule has 0 radical (unpaired) electrons. The zero-order valence-electron chi connectivity index (χ0n) is 15.6. The minimum Gasteiger partial charge on any atom is -0.493 e. The molecule has 3 unspecified atom stereocenters. The molecule has 3 N–H and O–H groups in total. The number of rotatable bonds is 3. The number of ether oxygens (including phenoxy) is 1. The van der Waals surface area contributed by atoms with Gasteiger partial charge in [0.05, 0.1) is 12.8 Å². The summed E-state index contributed by atoms with van der Waals surface area (Å²) < 4.78 is 33.0. The van der Waals surface area contributed by atoms with E-state index in [0.717, 1.165) is 49.8 Å². The van der Waals surface area contributed by atoms with Gasteiger partial charge in [-0.2, -0.15) is 13.6 Å². The third kappa shape index (κ3) is 2.99. The van der Waals surface area contributed by atoms with Gasteiger partial charge in [0.25, 0.3) is 0 Å². The fourth-order valence-electron chi connectivity index (χ4n) is 5.88. The van der Waals surface area contributed by atoms with E-state index in [2.05, 4.69) is 12.1 Å². The summed E-state index contributed by atoms with van der Waals surface area (Å²) in [4.78, 5) is 0. The van der Waals surface area contributed by atoms with Gasteiger partial charge in [0.15, 0.2) is 11.5 Å². The second-order valence-corrected chi connectivity index (χ2v) is 9.39. The minimum atomic E-state index is -4.11. The maximum atomic E-state index is 11.4. The van der Waals surface area contributed by atoms with Crippen molar-refractivity contribution >= 4 is 16.0 Å². The predicted molar refractivity (Wildman–Crippen MR) is 101 cm³/mol. The van der Waals surface area contributed by atoms with E-state index in [4.69, 9.17) is 14.1 Å². The Bertz CT molecular complexity index is 898. The molecule has 0 spiro atoms. The molecular weight excluding hydrogens is 368 g/mol. The van der Waals surface area contributed by atoms with E-state index in [9.17, 15) is 13.6 Å². The Morgan fingerprint density at radius 3 is 2.67 bits per heavy atom. The monoisotopic (exact) mass is 394 g/mol. The van der Waals surface area contributed by atoms with E-state index in [0.29, 0.717) is 23.5 Å². The molecule has 2 fully saturated rings. The number of aryl methyl sites for hydroxylation is 1. The maximum Gasteiger partial charge on any atom is 0.380 e. The van der Waals surface area contributed by atoms with Crippen molar-refractivity contribution in [3.05, 3.63) is 23.3 Å². The van der Waals surface area contributed by atoms with Gasteiger partial charge in [-0.25, -0.2) is 0 Å². The highest BCUT2D eigenvalue weighted by molar-refractivity contribution is 7.84. The Balaban J connectivity index is 1.71. The highest BCUT2D eigenvalue weighted by atomic mass is 32.2. The molecule has 8 heteroatoms. The van der Waals surface area contributed by atoms with Gasteiger partial charge in [-0.05, 0) is 79.5 Å². The van der Waals surface area contributed by atoms with Gasteiger partial charge in [-0.3, -0.25) is 0 Å². The van der Waals surface area contributed by atoms with Gasteiger partial charge in [0.2, 0.25) is 0 Å². The quantitative estimate of drug-likeness (QED) is 0.605. The van der Waals surface area contributed by atoms with Gasteiger partial charge < -0.3 is 14.1 Å². The molecule has 4 rings (SSSR count). The average molecular weight is 394 g/mol. The summed E-state index contributed by atoms with van der Waals surface area (Å²) in [5, 5.41) is 18.1. The molecule has 0 aliphatic heterocycles. The maximum absolute atomic E-state index is 11.4. The molecular formula is C19H26N2O5S. The van der Waals surface area contributed by atoms with E-state index in [1.54, 1.807) is 6.07 Å². The number of fused-ring (bicyclic) bond motifs is 5. The molecule has 1 aromatic carbocycles. The van der Waals surface area contributed by atoms with Crippen molar-refractivity contribution in [3.8, 4) is 11.5 Å². The number of nitrogens with zero attached hydrogens (tertiary/aromatic N) is 1. The number of methoxy groups -OCH3 is 1. The van der Waals surface area contributed by atoms with E-state index in [-0.39, 0.29) is 11.2 Å². The van der Waals surface area contributed by atoms with Crippen LogP contribution < -0.4 is 14.1 Å². The molecule has 3 aliphatic carbocycles. The first-order chi connectivity index (χ1) is 12.8. The van der Waals surface area contributed by atoms with Gasteiger partial charge in [0.1, 0.15) is 0 Å². The second kappa shape index (κ2) is 6.38. The lowest BCUT2D eigenvalue weighted by Gasteiger charge is -2.49. The van der Waals surface area contributed by atoms with Crippen molar-refractivity contribution < 1.29 is 22.5 Å². The van der Waals surface area contributed by atoms with Crippen molar-refractivity contribution in [3.63, 3.8) is 0 Å². The summed E-state index contributed by atoms with van der Waals surface area (Å²) in [5.74, 6) is 1.99. The molecule has 7 nitrogen and oxygen atoms in total. The Labute approximate surface area is 159 Å². The van der Waals surface area contributed by atoms with Crippen LogP contribution in [0.1, 0.15) is 56.1 Å². The van der Waals surface area contributed by atoms with Gasteiger partial charge in [-0.15, -0.1) is 0 Å². The van der Waals surface area contributed by atoms with Crippen LogP contribution >= 0.6 is 0 Å². The number of oxime groups is 1. The summed E-state index contributed by atoms with van der Waals surface area (Å²) in [6.45, 7) is 2.25. The van der Waals surface area contributed by atoms with Crippen molar-refractivity contribution in [1.29, 1.82) is 0 Å². The SMILES string of the molecule is COc1cc2c(cc1OS(N)(=O)=O)CCC1C2CC[C@]2(C)/C(=N/O)CCC12. The first kappa shape index (κ1) is 18.6. The van der Waals surface area contributed by atoms with Gasteiger partial charge in [0, 0.05) is 5.41 Å². The van der Waals surface area contributed by atoms with E-state index < -0.39 is 10.3 Å². The number of nitrogens with two attached hydrogens (primary N) is 1. The third-order valence-corrected chi connectivity index (χ3v) is 7.49. The fraction of sp³-hybridized carbons (Fsp3) is 0.632. The van der Waals surface area contributed by atoms with Crippen LogP contribution in [0.3, 0.4) is 0 Å². The summed E-state index contributed by atoms with van der Waals surface area (Å²) in [6, 6.07) is 3.68. The zero-order chi connectivity index (χ0) is 19.4. The van der Waals surface area contributed by atoms with Crippen LogP contribution in [0, 0.1) is 17.3 Å². The van der Waals surface area contributed by atoms with Crippen LogP contribution in [-0.2, 0) is 16.7 Å². The van der Waals surface area contributed by atoms with Crippen LogP contribution in [0.5, 0.6) is 11.5 Å². The van der Waals surface area contributed by atoms with Crippen molar-refractivity contribution in [1.82, 2.24) is 0 Å². The Morgan fingerprint density at radius 1 is 1.22 bits per heavy atom. The Kier molecular flexibility index (Phi) is 4.38. The number of hydrogen-bond donors (Lipinski definition) is 2. The van der Waals surface area contributed by atoms with E-state index >= 15 is 0 Å². The predicted octanol–water partition coefficient (Wildman–Crippen LogP) is 2.96. The smallest absolute Gasteiger partial charge is 0.380 e. The fourth-order valence-corrected chi connectivity index (χ4v) is 6.26. The van der Waals surface area contributed by atoms with Crippen molar-refractivity contribution in [2.24, 2.45) is 27.5 Å². The molecule has 4 atom stereocenters. The second-order valence-electron chi connectivity index (χ2n) is 8.24. The molecule has 1 aromatic rings. The largest absolute Gasteiger partial charge is 0.493 e. The Morgan fingerprint density at radius 2 is 2.00 bits per heavy atom. The summed E-state index contributed by atoms with van der Waals surface area (Å²) in [6.07, 6.45) is 5.85. The van der Waals surface area contributed by atoms with E-state index in [1.807, 2.05) is 6.07 Å². The van der Waals surface area contributed by atoms with Crippen molar-refractivity contribution in [2.45, 2.75) is 51.4 Å². The molecule has 27 heavy (non-hydrogen) atoms. The zero-order valence-corrected chi connectivity index (χ0v) is 16.5. The lowest BCUT2D eigenvalue weighted by Crippen LogP contribution is -2.42. The molecule has 0 amide bonds. The van der Waals surface area contributed by atoms with Crippen LogP contribution in [0.15, 0.2) is 17.3 Å². The standard InChI is InChI=1S/C19H26N2O5S/c1-19-8-7-12-13(15(19)5-6-18(19)21-22)4-3-11-9-17(26-27(20,23)24)16(25-2)10-14(11)12/h9-10,12-13,15,22H,3-8H2,1-2H3,(H2,20,23,24)/b21-18+/t12?,13?,15?,19-/m0/s1. The van der Waals surface area contributed by atoms with Gasteiger partial charge >= 0.3 is 10.3 Å². The van der Waals surface area contributed by atoms with Crippen LogP contribution in [0.2, 0.25) is 0 Å². The first-order valence-corrected chi connectivity index (χ1v) is 10.9. The average Bonchev–Trinajstić information content (AvgIpc) is 2.95. The van der Waals surface area contributed by atoms with Crippen LogP contribution in [0.25, 0.3) is 0 Å². The molecule has 2 saturated carbocycles. The summed E-state index contributed by atoms with van der Waals surface area (Å²) in [5.41, 5.74) is 3.27. The Hall–Kier alpha value is -1.80. The molecule has 0 saturated heterocycles. The normalized spacial score (nSPS) is 33.9. The number of benzene rings is 1. The highest BCUT2D eigenvalue weighted by Gasteiger charge is 2.53. The lowest BCUT2D eigenvalue weighted by molar-refractivity contribution is 0.0937. The minimum absolute atomic E-state index is 0.00577. The molecule has 0 bridgehead atoms. The summed E-state index contributed by atoms with van der Waals surface area (Å²) >= 11 is 0. The molecule has 0 aromatic heterocycles. The molecule has 148 valence electrons. The molecule has 3 aliphatic rings. The topological polar surface area (TPSA) is 111 Å². The van der Waals surface area contributed by atoms with Crippen LogP contribution in [-0.4, -0.2) is 26.4 Å². The van der Waals surface area contributed by atoms with Gasteiger partial charge in [-0.1, -0.05) is 12.1 Å². The third-order valence-electron chi connectivity index (χ3n) is 7.08. The van der Waals surface area contributed by atoms with Crippen molar-refractivity contribution in [2.75, 3.05) is 7.11 Å². The molecule has 0 heterocycles.